The minimum Gasteiger partial charge on any atom is -0.456 e. The number of hydrogen-bond donors (Lipinski definition) is 2. The first-order valence-electron chi connectivity index (χ1n) is 7.25. The second-order valence-corrected chi connectivity index (χ2v) is 7.40. The Morgan fingerprint density at radius 2 is 1.78 bits per heavy atom. The van der Waals surface area contributed by atoms with Crippen molar-refractivity contribution in [2.75, 3.05) is 11.9 Å². The van der Waals surface area contributed by atoms with Crippen LogP contribution in [0.3, 0.4) is 0 Å². The number of carbonyl (C=O) groups is 1. The summed E-state index contributed by atoms with van der Waals surface area (Å²) >= 11 is 0. The number of nitrogens with one attached hydrogen (secondary N) is 2. The van der Waals surface area contributed by atoms with Gasteiger partial charge in [0.05, 0.1) is 4.90 Å². The van der Waals surface area contributed by atoms with Gasteiger partial charge in [-0.1, -0.05) is 13.8 Å². The molecule has 1 aromatic heterocycles. The molecule has 0 bridgehead atoms. The predicted octanol–water partition coefficient (Wildman–Crippen LogP) is 2.77. The maximum atomic E-state index is 12.1. The lowest BCUT2D eigenvalue weighted by Crippen LogP contribution is -2.27. The Morgan fingerprint density at radius 1 is 1.13 bits per heavy atom. The van der Waals surface area contributed by atoms with Gasteiger partial charge in [0.2, 0.25) is 10.0 Å². The van der Waals surface area contributed by atoms with E-state index in [-0.39, 0.29) is 22.5 Å². The molecule has 2 aromatic rings. The number of hydrogen-bond acceptors (Lipinski definition) is 4. The maximum Gasteiger partial charge on any atom is 0.291 e. The quantitative estimate of drug-likeness (QED) is 0.849. The summed E-state index contributed by atoms with van der Waals surface area (Å²) in [6.45, 7) is 5.98. The van der Waals surface area contributed by atoms with Gasteiger partial charge in [-0.05, 0) is 49.2 Å². The third-order valence-corrected chi connectivity index (χ3v) is 4.51. The first-order valence-corrected chi connectivity index (χ1v) is 8.74. The highest BCUT2D eigenvalue weighted by Gasteiger charge is 2.15. The Balaban J connectivity index is 2.06. The summed E-state index contributed by atoms with van der Waals surface area (Å²) in [5.74, 6) is 0.692. The number of sulfonamides is 1. The minimum atomic E-state index is -3.53. The number of amides is 1. The van der Waals surface area contributed by atoms with Gasteiger partial charge in [0.1, 0.15) is 5.76 Å². The molecule has 1 amide bonds. The fourth-order valence-electron chi connectivity index (χ4n) is 1.83. The lowest BCUT2D eigenvalue weighted by Gasteiger charge is -2.09. The van der Waals surface area contributed by atoms with Crippen LogP contribution >= 0.6 is 0 Å². The Hall–Kier alpha value is -2.12. The van der Waals surface area contributed by atoms with Crippen molar-refractivity contribution in [3.63, 3.8) is 0 Å². The van der Waals surface area contributed by atoms with Crippen LogP contribution in [0.25, 0.3) is 0 Å². The van der Waals surface area contributed by atoms with Gasteiger partial charge >= 0.3 is 0 Å². The van der Waals surface area contributed by atoms with Crippen molar-refractivity contribution < 1.29 is 17.6 Å². The van der Waals surface area contributed by atoms with Crippen LogP contribution in [0.4, 0.5) is 5.69 Å². The molecule has 0 atom stereocenters. The van der Waals surface area contributed by atoms with Gasteiger partial charge in [-0.15, -0.1) is 0 Å². The van der Waals surface area contributed by atoms with E-state index < -0.39 is 10.0 Å². The third kappa shape index (κ3) is 4.67. The van der Waals surface area contributed by atoms with Gasteiger partial charge in [-0.2, -0.15) is 0 Å². The molecule has 0 saturated carbocycles. The summed E-state index contributed by atoms with van der Waals surface area (Å²) in [5.41, 5.74) is 0.492. The molecule has 1 heterocycles. The van der Waals surface area contributed by atoms with Crippen molar-refractivity contribution >= 4 is 21.6 Å². The molecule has 0 unspecified atom stereocenters. The average molecular weight is 336 g/mol. The topological polar surface area (TPSA) is 88.4 Å². The molecule has 0 aliphatic carbocycles. The zero-order chi connectivity index (χ0) is 17.0. The number of aryl methyl sites for hydroxylation is 1. The minimum absolute atomic E-state index is 0.157. The molecule has 0 spiro atoms. The Kier molecular flexibility index (Phi) is 5.23. The molecular formula is C16H20N2O4S. The fraction of sp³-hybridized carbons (Fsp3) is 0.312. The fourth-order valence-corrected chi connectivity index (χ4v) is 3.04. The summed E-state index contributed by atoms with van der Waals surface area (Å²) in [7, 11) is -3.53. The highest BCUT2D eigenvalue weighted by molar-refractivity contribution is 7.89. The Morgan fingerprint density at radius 3 is 2.30 bits per heavy atom. The van der Waals surface area contributed by atoms with E-state index in [9.17, 15) is 13.2 Å². The largest absolute Gasteiger partial charge is 0.456 e. The smallest absolute Gasteiger partial charge is 0.291 e. The highest BCUT2D eigenvalue weighted by Crippen LogP contribution is 2.16. The molecule has 23 heavy (non-hydrogen) atoms. The van der Waals surface area contributed by atoms with Crippen molar-refractivity contribution in [3.05, 3.63) is 47.9 Å². The summed E-state index contributed by atoms with van der Waals surface area (Å²) in [6.07, 6.45) is 0. The second-order valence-electron chi connectivity index (χ2n) is 5.63. The van der Waals surface area contributed by atoms with Crippen molar-refractivity contribution in [3.8, 4) is 0 Å². The van der Waals surface area contributed by atoms with Crippen LogP contribution in [0.1, 0.15) is 30.2 Å². The molecule has 2 rings (SSSR count). The molecular weight excluding hydrogens is 316 g/mol. The van der Waals surface area contributed by atoms with E-state index in [4.69, 9.17) is 4.42 Å². The van der Waals surface area contributed by atoms with Gasteiger partial charge in [0.15, 0.2) is 5.76 Å². The molecule has 0 radical (unpaired) electrons. The zero-order valence-corrected chi connectivity index (χ0v) is 14.1. The summed E-state index contributed by atoms with van der Waals surface area (Å²) in [4.78, 5) is 12.1. The number of benzene rings is 1. The van der Waals surface area contributed by atoms with E-state index in [2.05, 4.69) is 10.0 Å². The Labute approximate surface area is 135 Å². The lowest BCUT2D eigenvalue weighted by molar-refractivity contribution is 0.0995. The number of furan rings is 1. The van der Waals surface area contributed by atoms with Crippen molar-refractivity contribution in [1.29, 1.82) is 0 Å². The van der Waals surface area contributed by atoms with Gasteiger partial charge in [-0.3, -0.25) is 4.79 Å². The van der Waals surface area contributed by atoms with Crippen molar-refractivity contribution in [2.24, 2.45) is 5.92 Å². The van der Waals surface area contributed by atoms with E-state index in [0.717, 1.165) is 0 Å². The Bertz CT molecular complexity index is 777. The van der Waals surface area contributed by atoms with E-state index >= 15 is 0 Å². The van der Waals surface area contributed by atoms with Gasteiger partial charge in [0.25, 0.3) is 5.91 Å². The normalized spacial score (nSPS) is 11.7. The van der Waals surface area contributed by atoms with Crippen molar-refractivity contribution in [1.82, 2.24) is 4.72 Å². The molecule has 2 N–H and O–H groups in total. The zero-order valence-electron chi connectivity index (χ0n) is 13.3. The second kappa shape index (κ2) is 6.97. The highest BCUT2D eigenvalue weighted by atomic mass is 32.2. The maximum absolute atomic E-state index is 12.1. The summed E-state index contributed by atoms with van der Waals surface area (Å²) < 4.78 is 31.9. The third-order valence-electron chi connectivity index (χ3n) is 3.07. The number of anilines is 1. The first-order chi connectivity index (χ1) is 10.8. The molecule has 0 aliphatic heterocycles. The SMILES string of the molecule is Cc1ccc(C(=O)Nc2ccc(S(=O)(=O)NCC(C)C)cc2)o1. The van der Waals surface area contributed by atoms with Crippen LogP contribution in [0.5, 0.6) is 0 Å². The lowest BCUT2D eigenvalue weighted by atomic mass is 10.2. The van der Waals surface area contributed by atoms with Crippen LogP contribution in [0.2, 0.25) is 0 Å². The van der Waals surface area contributed by atoms with Gasteiger partial charge in [-0.25, -0.2) is 13.1 Å². The molecule has 0 fully saturated rings. The molecule has 7 heteroatoms. The van der Waals surface area contributed by atoms with Crippen LogP contribution in [0.15, 0.2) is 45.7 Å². The summed E-state index contributed by atoms with van der Waals surface area (Å²) in [6, 6.07) is 9.26. The summed E-state index contributed by atoms with van der Waals surface area (Å²) in [5, 5.41) is 2.65. The molecule has 124 valence electrons. The average Bonchev–Trinajstić information content (AvgIpc) is 2.93. The van der Waals surface area contributed by atoms with Crippen LogP contribution < -0.4 is 10.0 Å². The molecule has 0 saturated heterocycles. The van der Waals surface area contributed by atoms with E-state index in [1.165, 1.54) is 24.3 Å². The van der Waals surface area contributed by atoms with Gasteiger partial charge in [0, 0.05) is 12.2 Å². The van der Waals surface area contributed by atoms with E-state index in [0.29, 0.717) is 18.0 Å². The van der Waals surface area contributed by atoms with Crippen molar-refractivity contribution in [2.45, 2.75) is 25.7 Å². The number of carbonyl (C=O) groups excluding carboxylic acids is 1. The van der Waals surface area contributed by atoms with Crippen LogP contribution in [-0.4, -0.2) is 20.9 Å². The van der Waals surface area contributed by atoms with E-state index in [1.807, 2.05) is 13.8 Å². The van der Waals surface area contributed by atoms with Crippen LogP contribution in [-0.2, 0) is 10.0 Å². The van der Waals surface area contributed by atoms with Gasteiger partial charge < -0.3 is 9.73 Å². The molecule has 6 nitrogen and oxygen atoms in total. The molecule has 0 aliphatic rings. The number of rotatable bonds is 6. The predicted molar refractivity (Wildman–Crippen MR) is 87.9 cm³/mol. The van der Waals surface area contributed by atoms with E-state index in [1.54, 1.807) is 19.1 Å². The molecule has 1 aromatic carbocycles. The van der Waals surface area contributed by atoms with Crippen LogP contribution in [0, 0.1) is 12.8 Å². The monoisotopic (exact) mass is 336 g/mol. The standard InChI is InChI=1S/C16H20N2O4S/c1-11(2)10-17-23(20,21)14-7-5-13(6-8-14)18-16(19)15-9-4-12(3)22-15/h4-9,11,17H,10H2,1-3H3,(H,18,19). The first kappa shape index (κ1) is 17.2.